The van der Waals surface area contributed by atoms with Crippen molar-refractivity contribution in [2.24, 2.45) is 0 Å². The van der Waals surface area contributed by atoms with E-state index in [-0.39, 0.29) is 11.5 Å². The van der Waals surface area contributed by atoms with Gasteiger partial charge in [0.1, 0.15) is 11.6 Å². The maximum Gasteiger partial charge on any atom is 0.363 e. The van der Waals surface area contributed by atoms with Crippen LogP contribution in [0.1, 0.15) is 16.1 Å². The van der Waals surface area contributed by atoms with Crippen molar-refractivity contribution < 1.29 is 9.53 Å². The Balaban J connectivity index is 2.11. The predicted molar refractivity (Wildman–Crippen MR) is 62.6 cm³/mol. The van der Waals surface area contributed by atoms with E-state index in [0.29, 0.717) is 5.75 Å². The molecule has 0 saturated carbocycles. The Morgan fingerprint density at radius 2 is 1.88 bits per heavy atom. The van der Waals surface area contributed by atoms with E-state index in [0.717, 1.165) is 5.56 Å². The summed E-state index contributed by atoms with van der Waals surface area (Å²) in [6, 6.07) is 7.16. The topological polar surface area (TPSA) is 78.1 Å². The molecule has 0 spiro atoms. The summed E-state index contributed by atoms with van der Waals surface area (Å²) in [7, 11) is 0. The Morgan fingerprint density at radius 3 is 2.47 bits per heavy atom. The van der Waals surface area contributed by atoms with E-state index >= 15 is 0 Å². The zero-order chi connectivity index (χ0) is 12.3. The molecule has 2 rings (SSSR count). The summed E-state index contributed by atoms with van der Waals surface area (Å²) in [5.74, 6) is 0.178. The molecule has 86 valence electrons. The number of carbonyl (C=O) groups is 1. The first-order valence-corrected chi connectivity index (χ1v) is 5.01. The van der Waals surface area contributed by atoms with E-state index in [1.54, 1.807) is 12.1 Å². The van der Waals surface area contributed by atoms with E-state index in [4.69, 9.17) is 10.5 Å². The molecule has 0 aliphatic rings. The molecule has 0 radical (unpaired) electrons. The van der Waals surface area contributed by atoms with Crippen molar-refractivity contribution in [1.29, 1.82) is 0 Å². The van der Waals surface area contributed by atoms with E-state index in [9.17, 15) is 4.79 Å². The Morgan fingerprint density at radius 1 is 1.18 bits per heavy atom. The summed E-state index contributed by atoms with van der Waals surface area (Å²) in [4.78, 5) is 19.2. The summed E-state index contributed by atoms with van der Waals surface area (Å²) in [5, 5.41) is 0. The first-order chi connectivity index (χ1) is 8.15. The highest BCUT2D eigenvalue weighted by Gasteiger charge is 2.10. The minimum absolute atomic E-state index is 0.125. The van der Waals surface area contributed by atoms with Gasteiger partial charge in [-0.1, -0.05) is 17.7 Å². The molecule has 1 aromatic heterocycles. The van der Waals surface area contributed by atoms with Gasteiger partial charge >= 0.3 is 5.97 Å². The van der Waals surface area contributed by atoms with Crippen LogP contribution in [0.5, 0.6) is 5.75 Å². The van der Waals surface area contributed by atoms with Crippen molar-refractivity contribution in [3.8, 4) is 5.75 Å². The number of carbonyl (C=O) groups excluding carboxylic acids is 1. The zero-order valence-electron chi connectivity index (χ0n) is 9.25. The Labute approximate surface area is 98.3 Å². The number of nitrogens with two attached hydrogens (primary N) is 1. The molecule has 0 unspecified atom stereocenters. The molecule has 0 amide bonds. The maximum absolute atomic E-state index is 11.6. The summed E-state index contributed by atoms with van der Waals surface area (Å²) >= 11 is 0. The summed E-state index contributed by atoms with van der Waals surface area (Å²) in [5.41, 5.74) is 6.59. The fraction of sp³-hybridized carbons (Fsp3) is 0.0833. The average molecular weight is 229 g/mol. The van der Waals surface area contributed by atoms with Gasteiger partial charge in [0.05, 0.1) is 12.4 Å². The monoisotopic (exact) mass is 229 g/mol. The molecule has 0 bridgehead atoms. The quantitative estimate of drug-likeness (QED) is 0.625. The van der Waals surface area contributed by atoms with Crippen LogP contribution in [-0.2, 0) is 0 Å². The van der Waals surface area contributed by atoms with Gasteiger partial charge in [-0.3, -0.25) is 0 Å². The number of hydrogen-bond acceptors (Lipinski definition) is 5. The molecule has 5 heteroatoms. The number of aromatic nitrogens is 2. The molecule has 2 N–H and O–H groups in total. The number of ether oxygens (including phenoxy) is 1. The third kappa shape index (κ3) is 2.78. The first-order valence-electron chi connectivity index (χ1n) is 5.01. The molecule has 2 aromatic rings. The van der Waals surface area contributed by atoms with Gasteiger partial charge in [-0.2, -0.15) is 0 Å². The second-order valence-electron chi connectivity index (χ2n) is 3.53. The maximum atomic E-state index is 11.6. The van der Waals surface area contributed by atoms with Crippen LogP contribution < -0.4 is 10.5 Å². The lowest BCUT2D eigenvalue weighted by atomic mass is 10.2. The van der Waals surface area contributed by atoms with Crippen molar-refractivity contribution in [2.75, 3.05) is 5.73 Å². The molecule has 1 heterocycles. The highest BCUT2D eigenvalue weighted by Crippen LogP contribution is 2.13. The number of aryl methyl sites for hydroxylation is 1. The van der Waals surface area contributed by atoms with Gasteiger partial charge in [-0.25, -0.2) is 14.8 Å². The number of benzene rings is 1. The van der Waals surface area contributed by atoms with Crippen molar-refractivity contribution >= 4 is 11.8 Å². The largest absolute Gasteiger partial charge is 0.422 e. The Hall–Kier alpha value is -2.43. The minimum Gasteiger partial charge on any atom is -0.422 e. The molecule has 0 atom stereocenters. The second kappa shape index (κ2) is 4.61. The smallest absolute Gasteiger partial charge is 0.363 e. The Kier molecular flexibility index (Phi) is 3.00. The number of nitrogen functional groups attached to an aromatic ring is 1. The minimum atomic E-state index is -0.554. The van der Waals surface area contributed by atoms with Gasteiger partial charge in [0.25, 0.3) is 0 Å². The van der Waals surface area contributed by atoms with Gasteiger partial charge < -0.3 is 10.5 Å². The Bertz CT molecular complexity index is 520. The van der Waals surface area contributed by atoms with Crippen molar-refractivity contribution in [3.63, 3.8) is 0 Å². The van der Waals surface area contributed by atoms with E-state index < -0.39 is 5.97 Å². The second-order valence-corrected chi connectivity index (χ2v) is 3.53. The van der Waals surface area contributed by atoms with Gasteiger partial charge in [0, 0.05) is 0 Å². The van der Waals surface area contributed by atoms with Crippen molar-refractivity contribution in [3.05, 3.63) is 47.9 Å². The average Bonchev–Trinajstić information content (AvgIpc) is 2.33. The van der Waals surface area contributed by atoms with E-state index in [1.807, 2.05) is 19.1 Å². The number of rotatable bonds is 2. The van der Waals surface area contributed by atoms with Crippen molar-refractivity contribution in [2.45, 2.75) is 6.92 Å². The highest BCUT2D eigenvalue weighted by molar-refractivity contribution is 5.88. The molecule has 1 aromatic carbocycles. The summed E-state index contributed by atoms with van der Waals surface area (Å²) < 4.78 is 5.11. The van der Waals surface area contributed by atoms with Crippen LogP contribution in [0.4, 0.5) is 5.82 Å². The lowest BCUT2D eigenvalue weighted by Crippen LogP contribution is -2.11. The molecule has 0 aliphatic heterocycles. The number of nitrogens with zero attached hydrogens (tertiary/aromatic N) is 2. The first kappa shape index (κ1) is 11.1. The van der Waals surface area contributed by atoms with E-state index in [1.165, 1.54) is 12.4 Å². The molecular weight excluding hydrogens is 218 g/mol. The van der Waals surface area contributed by atoms with Gasteiger partial charge in [0.2, 0.25) is 0 Å². The number of esters is 1. The van der Waals surface area contributed by atoms with Crippen LogP contribution in [0.25, 0.3) is 0 Å². The zero-order valence-corrected chi connectivity index (χ0v) is 9.25. The molecular formula is C12H11N3O2. The van der Waals surface area contributed by atoms with E-state index in [2.05, 4.69) is 9.97 Å². The van der Waals surface area contributed by atoms with Crippen LogP contribution >= 0.6 is 0 Å². The fourth-order valence-electron chi connectivity index (χ4n) is 1.21. The van der Waals surface area contributed by atoms with Crippen LogP contribution in [0.2, 0.25) is 0 Å². The summed E-state index contributed by atoms with van der Waals surface area (Å²) in [6.07, 6.45) is 2.59. The molecule has 5 nitrogen and oxygen atoms in total. The van der Waals surface area contributed by atoms with Gasteiger partial charge in [-0.15, -0.1) is 0 Å². The normalized spacial score (nSPS) is 9.94. The SMILES string of the molecule is Cc1ccc(OC(=O)c2cnc(N)cn2)cc1. The molecule has 0 fully saturated rings. The number of hydrogen-bond donors (Lipinski definition) is 1. The lowest BCUT2D eigenvalue weighted by Gasteiger charge is -2.03. The predicted octanol–water partition coefficient (Wildman–Crippen LogP) is 1.59. The lowest BCUT2D eigenvalue weighted by molar-refractivity contribution is 0.0728. The summed E-state index contributed by atoms with van der Waals surface area (Å²) in [6.45, 7) is 1.96. The number of anilines is 1. The highest BCUT2D eigenvalue weighted by atomic mass is 16.5. The van der Waals surface area contributed by atoms with Gasteiger partial charge in [0.15, 0.2) is 5.69 Å². The standard InChI is InChI=1S/C12H11N3O2/c1-8-2-4-9(5-3-8)17-12(16)10-6-15-11(13)7-14-10/h2-7H,1H3,(H2,13,15). The molecule has 17 heavy (non-hydrogen) atoms. The van der Waals surface area contributed by atoms with Crippen LogP contribution in [0.15, 0.2) is 36.7 Å². The molecule has 0 saturated heterocycles. The van der Waals surface area contributed by atoms with Crippen LogP contribution in [0, 0.1) is 6.92 Å². The van der Waals surface area contributed by atoms with Crippen LogP contribution in [0.3, 0.4) is 0 Å². The third-order valence-corrected chi connectivity index (χ3v) is 2.11. The van der Waals surface area contributed by atoms with Crippen molar-refractivity contribution in [1.82, 2.24) is 9.97 Å². The van der Waals surface area contributed by atoms with Gasteiger partial charge in [-0.05, 0) is 19.1 Å². The van der Waals surface area contributed by atoms with Crippen LogP contribution in [-0.4, -0.2) is 15.9 Å². The fourth-order valence-corrected chi connectivity index (χ4v) is 1.21. The molecule has 0 aliphatic carbocycles. The third-order valence-electron chi connectivity index (χ3n) is 2.11.